The van der Waals surface area contributed by atoms with Crippen LogP contribution < -0.4 is 10.6 Å². The molecule has 0 aromatic carbocycles. The molecule has 1 aliphatic carbocycles. The molecule has 2 aromatic heterocycles. The summed E-state index contributed by atoms with van der Waals surface area (Å²) in [6.45, 7) is 3.87. The lowest BCUT2D eigenvalue weighted by Crippen LogP contribution is -2.14. The van der Waals surface area contributed by atoms with E-state index in [2.05, 4.69) is 25.7 Å². The summed E-state index contributed by atoms with van der Waals surface area (Å²) in [6.07, 6.45) is 0.321. The molecule has 1 saturated carbocycles. The van der Waals surface area contributed by atoms with Crippen LogP contribution in [0.1, 0.15) is 37.1 Å². The third-order valence-corrected chi connectivity index (χ3v) is 3.52. The molecule has 23 heavy (non-hydrogen) atoms. The monoisotopic (exact) mass is 326 g/mol. The fourth-order valence-electron chi connectivity index (χ4n) is 2.20. The maximum absolute atomic E-state index is 12.9. The Morgan fingerprint density at radius 1 is 1.35 bits per heavy atom. The summed E-state index contributed by atoms with van der Waals surface area (Å²) in [5, 5.41) is 9.95. The molecule has 0 saturated heterocycles. The highest BCUT2D eigenvalue weighted by Gasteiger charge is 2.35. The number of alkyl halides is 3. The number of aromatic nitrogens is 4. The van der Waals surface area contributed by atoms with Crippen molar-refractivity contribution in [3.8, 4) is 0 Å². The van der Waals surface area contributed by atoms with Crippen molar-refractivity contribution in [3.05, 3.63) is 23.7 Å². The number of hydrogen-bond acceptors (Lipinski definition) is 5. The minimum atomic E-state index is -4.50. The molecule has 0 bridgehead atoms. The number of anilines is 3. The Balaban J connectivity index is 1.86. The summed E-state index contributed by atoms with van der Waals surface area (Å²) in [7, 11) is 0. The smallest absolute Gasteiger partial charge is 0.370 e. The molecule has 2 N–H and O–H groups in total. The molecule has 9 heteroatoms. The molecule has 0 unspecified atom stereocenters. The number of rotatable bonds is 5. The molecular formula is C14H17F3N6. The van der Waals surface area contributed by atoms with Gasteiger partial charge in [0.1, 0.15) is 11.4 Å². The number of nitrogens with one attached hydrogen (secondary N) is 2. The lowest BCUT2D eigenvalue weighted by Gasteiger charge is -2.13. The van der Waals surface area contributed by atoms with E-state index in [9.17, 15) is 13.2 Å². The Labute approximate surface area is 131 Å². The molecule has 1 aliphatic rings. The van der Waals surface area contributed by atoms with E-state index in [0.29, 0.717) is 18.3 Å². The fraction of sp³-hybridized carbons (Fsp3) is 0.500. The van der Waals surface area contributed by atoms with E-state index in [-0.39, 0.29) is 11.8 Å². The summed E-state index contributed by atoms with van der Waals surface area (Å²) in [6, 6.07) is 0.426. The van der Waals surface area contributed by atoms with Crippen LogP contribution in [0, 0.1) is 6.92 Å². The summed E-state index contributed by atoms with van der Waals surface area (Å²) in [5.41, 5.74) is 0.569. The third-order valence-electron chi connectivity index (χ3n) is 3.52. The minimum absolute atomic E-state index is 0.104. The van der Waals surface area contributed by atoms with Crippen LogP contribution >= 0.6 is 0 Å². The molecule has 1 fully saturated rings. The van der Waals surface area contributed by atoms with Crippen LogP contribution in [0.25, 0.3) is 0 Å². The van der Waals surface area contributed by atoms with Crippen LogP contribution in [0.15, 0.2) is 12.4 Å². The van der Waals surface area contributed by atoms with E-state index in [1.165, 1.54) is 0 Å². The standard InChI is InChI=1S/C14H17F3N6/c1-3-18-12-10(14(15,16)17)6-19-13(21-12)20-11-7-23(9-4-5-9)22-8(11)2/h6-7,9H,3-5H2,1-2H3,(H2,18,19,20,21). The predicted octanol–water partition coefficient (Wildman–Crippen LogP) is 3.51. The second-order valence-electron chi connectivity index (χ2n) is 5.45. The third kappa shape index (κ3) is 3.38. The zero-order valence-corrected chi connectivity index (χ0v) is 12.8. The molecule has 3 rings (SSSR count). The quantitative estimate of drug-likeness (QED) is 0.880. The molecule has 6 nitrogen and oxygen atoms in total. The van der Waals surface area contributed by atoms with Crippen molar-refractivity contribution in [2.45, 2.75) is 38.9 Å². The van der Waals surface area contributed by atoms with Gasteiger partial charge in [0, 0.05) is 18.9 Å². The first-order valence-corrected chi connectivity index (χ1v) is 7.39. The Kier molecular flexibility index (Phi) is 3.87. The molecule has 0 aliphatic heterocycles. The number of halogens is 3. The Morgan fingerprint density at radius 3 is 2.70 bits per heavy atom. The number of aryl methyl sites for hydroxylation is 1. The second-order valence-corrected chi connectivity index (χ2v) is 5.45. The van der Waals surface area contributed by atoms with Gasteiger partial charge >= 0.3 is 6.18 Å². The molecule has 124 valence electrons. The van der Waals surface area contributed by atoms with Crippen LogP contribution in [-0.4, -0.2) is 26.3 Å². The lowest BCUT2D eigenvalue weighted by atomic mass is 10.3. The van der Waals surface area contributed by atoms with E-state index in [1.807, 2.05) is 17.8 Å². The molecule has 0 atom stereocenters. The topological polar surface area (TPSA) is 67.7 Å². The maximum atomic E-state index is 12.9. The molecule has 2 heterocycles. The van der Waals surface area contributed by atoms with Crippen molar-refractivity contribution < 1.29 is 13.2 Å². The van der Waals surface area contributed by atoms with Gasteiger partial charge in [-0.3, -0.25) is 4.68 Å². The van der Waals surface area contributed by atoms with Gasteiger partial charge in [0.25, 0.3) is 0 Å². The van der Waals surface area contributed by atoms with Gasteiger partial charge in [0.2, 0.25) is 5.95 Å². The van der Waals surface area contributed by atoms with E-state index in [0.717, 1.165) is 24.7 Å². The SMILES string of the molecule is CCNc1nc(Nc2cn(C3CC3)nc2C)ncc1C(F)(F)F. The highest BCUT2D eigenvalue weighted by atomic mass is 19.4. The van der Waals surface area contributed by atoms with Crippen molar-refractivity contribution >= 4 is 17.5 Å². The van der Waals surface area contributed by atoms with Crippen LogP contribution in [-0.2, 0) is 6.18 Å². The van der Waals surface area contributed by atoms with Crippen molar-refractivity contribution in [2.75, 3.05) is 17.2 Å². The second kappa shape index (κ2) is 5.71. The first-order chi connectivity index (χ1) is 10.9. The van der Waals surface area contributed by atoms with Gasteiger partial charge in [0.15, 0.2) is 0 Å². The minimum Gasteiger partial charge on any atom is -0.370 e. The highest BCUT2D eigenvalue weighted by molar-refractivity contribution is 5.58. The number of hydrogen-bond donors (Lipinski definition) is 2. The van der Waals surface area contributed by atoms with E-state index >= 15 is 0 Å². The molecule has 0 radical (unpaired) electrons. The normalized spacial score (nSPS) is 14.8. The van der Waals surface area contributed by atoms with Crippen molar-refractivity contribution in [3.63, 3.8) is 0 Å². The van der Waals surface area contributed by atoms with Crippen LogP contribution in [0.5, 0.6) is 0 Å². The summed E-state index contributed by atoms with van der Waals surface area (Å²) in [5.74, 6) is -0.128. The Morgan fingerprint density at radius 2 is 2.09 bits per heavy atom. The maximum Gasteiger partial charge on any atom is 0.421 e. The lowest BCUT2D eigenvalue weighted by molar-refractivity contribution is -0.137. The molecule has 2 aromatic rings. The van der Waals surface area contributed by atoms with Gasteiger partial charge in [-0.05, 0) is 26.7 Å². The van der Waals surface area contributed by atoms with Gasteiger partial charge in [-0.25, -0.2) is 4.98 Å². The first-order valence-electron chi connectivity index (χ1n) is 7.39. The van der Waals surface area contributed by atoms with E-state index < -0.39 is 11.7 Å². The highest BCUT2D eigenvalue weighted by Crippen LogP contribution is 2.36. The largest absolute Gasteiger partial charge is 0.421 e. The van der Waals surface area contributed by atoms with Crippen LogP contribution in [0.2, 0.25) is 0 Å². The van der Waals surface area contributed by atoms with Crippen molar-refractivity contribution in [1.82, 2.24) is 19.7 Å². The van der Waals surface area contributed by atoms with E-state index in [1.54, 1.807) is 6.92 Å². The van der Waals surface area contributed by atoms with Gasteiger partial charge in [-0.15, -0.1) is 0 Å². The summed E-state index contributed by atoms with van der Waals surface area (Å²) in [4.78, 5) is 7.72. The molecule has 0 amide bonds. The Hall–Kier alpha value is -2.32. The van der Waals surface area contributed by atoms with Gasteiger partial charge in [-0.1, -0.05) is 0 Å². The summed E-state index contributed by atoms with van der Waals surface area (Å²) < 4.78 is 40.7. The molecule has 0 spiro atoms. The van der Waals surface area contributed by atoms with Crippen LogP contribution in [0.3, 0.4) is 0 Å². The Bertz CT molecular complexity index is 705. The fourth-order valence-corrected chi connectivity index (χ4v) is 2.20. The van der Waals surface area contributed by atoms with Gasteiger partial charge in [-0.2, -0.15) is 23.3 Å². The predicted molar refractivity (Wildman–Crippen MR) is 79.7 cm³/mol. The van der Waals surface area contributed by atoms with Gasteiger partial charge < -0.3 is 10.6 Å². The zero-order chi connectivity index (χ0) is 16.6. The summed E-state index contributed by atoms with van der Waals surface area (Å²) >= 11 is 0. The average molecular weight is 326 g/mol. The number of nitrogens with zero attached hydrogens (tertiary/aromatic N) is 4. The molecular weight excluding hydrogens is 309 g/mol. The van der Waals surface area contributed by atoms with E-state index in [4.69, 9.17) is 0 Å². The van der Waals surface area contributed by atoms with Crippen molar-refractivity contribution in [1.29, 1.82) is 0 Å². The van der Waals surface area contributed by atoms with Crippen molar-refractivity contribution in [2.24, 2.45) is 0 Å². The van der Waals surface area contributed by atoms with Crippen LogP contribution in [0.4, 0.5) is 30.6 Å². The van der Waals surface area contributed by atoms with Gasteiger partial charge in [0.05, 0.1) is 17.4 Å². The average Bonchev–Trinajstić information content (AvgIpc) is 3.24. The first kappa shape index (κ1) is 15.6. The zero-order valence-electron chi connectivity index (χ0n) is 12.8.